The van der Waals surface area contributed by atoms with Gasteiger partial charge in [0.25, 0.3) is 0 Å². The lowest BCUT2D eigenvalue weighted by Crippen LogP contribution is -2.46. The third-order valence-corrected chi connectivity index (χ3v) is 3.77. The molecule has 2 rings (SSSR count). The van der Waals surface area contributed by atoms with Gasteiger partial charge in [-0.3, -0.25) is 0 Å². The van der Waals surface area contributed by atoms with Crippen molar-refractivity contribution in [1.29, 1.82) is 0 Å². The highest BCUT2D eigenvalue weighted by molar-refractivity contribution is 6.30. The van der Waals surface area contributed by atoms with Gasteiger partial charge >= 0.3 is 0 Å². The van der Waals surface area contributed by atoms with E-state index < -0.39 is 5.60 Å². The number of halogens is 1. The van der Waals surface area contributed by atoms with Crippen molar-refractivity contribution >= 4 is 17.4 Å². The number of aromatic nitrogens is 2. The summed E-state index contributed by atoms with van der Waals surface area (Å²) in [7, 11) is 0. The molecule has 1 aromatic heterocycles. The van der Waals surface area contributed by atoms with Crippen LogP contribution in [0.4, 0.5) is 5.82 Å². The van der Waals surface area contributed by atoms with Gasteiger partial charge in [-0.25, -0.2) is 9.97 Å². The minimum atomic E-state index is -0.644. The molecule has 2 heterocycles. The smallest absolute Gasteiger partial charge is 0.137 e. The Labute approximate surface area is 113 Å². The molecule has 1 aliphatic heterocycles. The minimum Gasteiger partial charge on any atom is -0.388 e. The number of rotatable bonds is 2. The zero-order valence-electron chi connectivity index (χ0n) is 11.2. The topological polar surface area (TPSA) is 49.2 Å². The maximum absolute atomic E-state index is 10.2. The van der Waals surface area contributed by atoms with Crippen LogP contribution in [-0.2, 0) is 6.42 Å². The Morgan fingerprint density at radius 2 is 2.17 bits per heavy atom. The average molecular weight is 270 g/mol. The molecule has 0 spiro atoms. The lowest BCUT2D eigenvalue weighted by Gasteiger charge is -2.38. The van der Waals surface area contributed by atoms with E-state index in [1.807, 2.05) is 20.8 Å². The minimum absolute atomic E-state index is 0.516. The fourth-order valence-electron chi connectivity index (χ4n) is 2.39. The van der Waals surface area contributed by atoms with Crippen molar-refractivity contribution in [2.45, 2.75) is 45.6 Å². The molecule has 1 saturated heterocycles. The summed E-state index contributed by atoms with van der Waals surface area (Å²) >= 11 is 6.15. The van der Waals surface area contributed by atoms with Gasteiger partial charge in [-0.15, -0.1) is 0 Å². The van der Waals surface area contributed by atoms with Crippen molar-refractivity contribution in [3.8, 4) is 0 Å². The third-order valence-electron chi connectivity index (χ3n) is 3.40. The first-order valence-corrected chi connectivity index (χ1v) is 6.81. The summed E-state index contributed by atoms with van der Waals surface area (Å²) in [6.45, 7) is 7.33. The predicted octanol–water partition coefficient (Wildman–Crippen LogP) is 2.35. The van der Waals surface area contributed by atoms with Crippen molar-refractivity contribution in [3.05, 3.63) is 16.5 Å². The van der Waals surface area contributed by atoms with E-state index in [0.717, 1.165) is 43.0 Å². The van der Waals surface area contributed by atoms with Gasteiger partial charge in [-0.2, -0.15) is 0 Å². The molecule has 1 unspecified atom stereocenters. The molecule has 1 aromatic rings. The molecule has 1 fully saturated rings. The van der Waals surface area contributed by atoms with E-state index >= 15 is 0 Å². The van der Waals surface area contributed by atoms with Crippen LogP contribution in [0.3, 0.4) is 0 Å². The van der Waals surface area contributed by atoms with Crippen LogP contribution in [0, 0.1) is 6.92 Å². The Morgan fingerprint density at radius 1 is 1.44 bits per heavy atom. The van der Waals surface area contributed by atoms with E-state index in [4.69, 9.17) is 11.6 Å². The van der Waals surface area contributed by atoms with Crippen LogP contribution in [0.2, 0.25) is 5.15 Å². The number of piperidine rings is 1. The zero-order valence-corrected chi connectivity index (χ0v) is 12.0. The standard InChI is InChI=1S/C13H20ClN3O/c1-4-10-15-11(14)9(2)12(16-10)17-7-5-6-13(3,18)8-17/h18H,4-8H2,1-3H3. The molecule has 0 aromatic carbocycles. The van der Waals surface area contributed by atoms with Gasteiger partial charge in [-0.05, 0) is 26.7 Å². The number of nitrogens with zero attached hydrogens (tertiary/aromatic N) is 3. The molecular formula is C13H20ClN3O. The number of aryl methyl sites for hydroxylation is 1. The van der Waals surface area contributed by atoms with Gasteiger partial charge in [0.05, 0.1) is 5.60 Å². The Morgan fingerprint density at radius 3 is 2.78 bits per heavy atom. The van der Waals surface area contributed by atoms with E-state index in [9.17, 15) is 5.11 Å². The molecule has 4 nitrogen and oxygen atoms in total. The Kier molecular flexibility index (Phi) is 3.78. The van der Waals surface area contributed by atoms with E-state index in [0.29, 0.717) is 11.7 Å². The molecular weight excluding hydrogens is 250 g/mol. The highest BCUT2D eigenvalue weighted by Gasteiger charge is 2.30. The number of hydrogen-bond donors (Lipinski definition) is 1. The molecule has 1 aliphatic rings. The fraction of sp³-hybridized carbons (Fsp3) is 0.692. The molecule has 0 amide bonds. The summed E-state index contributed by atoms with van der Waals surface area (Å²) in [6.07, 6.45) is 2.56. The van der Waals surface area contributed by atoms with Crippen LogP contribution in [-0.4, -0.2) is 33.8 Å². The monoisotopic (exact) mass is 269 g/mol. The quantitative estimate of drug-likeness (QED) is 0.838. The third kappa shape index (κ3) is 2.75. The maximum atomic E-state index is 10.2. The summed E-state index contributed by atoms with van der Waals surface area (Å²) < 4.78 is 0. The van der Waals surface area contributed by atoms with Crippen LogP contribution in [0.5, 0.6) is 0 Å². The van der Waals surface area contributed by atoms with Gasteiger partial charge in [0.2, 0.25) is 0 Å². The van der Waals surface area contributed by atoms with Gasteiger partial charge in [-0.1, -0.05) is 18.5 Å². The predicted molar refractivity (Wildman–Crippen MR) is 73.2 cm³/mol. The van der Waals surface area contributed by atoms with E-state index in [1.165, 1.54) is 0 Å². The van der Waals surface area contributed by atoms with Gasteiger partial charge in [0.15, 0.2) is 0 Å². The zero-order chi connectivity index (χ0) is 13.3. The molecule has 0 bridgehead atoms. The van der Waals surface area contributed by atoms with E-state index in [2.05, 4.69) is 14.9 Å². The first-order valence-electron chi connectivity index (χ1n) is 6.43. The molecule has 0 radical (unpaired) electrons. The van der Waals surface area contributed by atoms with Crippen LogP contribution in [0.15, 0.2) is 0 Å². The average Bonchev–Trinajstić information content (AvgIpc) is 2.31. The second-order valence-corrected chi connectivity index (χ2v) is 5.61. The van der Waals surface area contributed by atoms with Crippen LogP contribution >= 0.6 is 11.6 Å². The maximum Gasteiger partial charge on any atom is 0.137 e. The lowest BCUT2D eigenvalue weighted by atomic mass is 9.95. The Balaban J connectivity index is 2.35. The number of aliphatic hydroxyl groups is 1. The Bertz CT molecular complexity index is 448. The van der Waals surface area contributed by atoms with Crippen LogP contribution in [0.1, 0.15) is 38.1 Å². The molecule has 1 N–H and O–H groups in total. The van der Waals surface area contributed by atoms with Crippen molar-refractivity contribution in [1.82, 2.24) is 9.97 Å². The fourth-order valence-corrected chi connectivity index (χ4v) is 2.57. The van der Waals surface area contributed by atoms with Gasteiger partial charge in [0.1, 0.15) is 16.8 Å². The van der Waals surface area contributed by atoms with E-state index in [-0.39, 0.29) is 0 Å². The van der Waals surface area contributed by atoms with Crippen molar-refractivity contribution in [2.24, 2.45) is 0 Å². The second-order valence-electron chi connectivity index (χ2n) is 5.25. The summed E-state index contributed by atoms with van der Waals surface area (Å²) in [5, 5.41) is 10.7. The van der Waals surface area contributed by atoms with Gasteiger partial charge < -0.3 is 10.0 Å². The SMILES string of the molecule is CCc1nc(Cl)c(C)c(N2CCCC(C)(O)C2)n1. The number of anilines is 1. The number of β-amino-alcohol motifs (C(OH)–C–C–N with tert-alkyl or cyclic N) is 1. The first kappa shape index (κ1) is 13.6. The summed E-state index contributed by atoms with van der Waals surface area (Å²) in [5.41, 5.74) is 0.251. The van der Waals surface area contributed by atoms with Gasteiger partial charge in [0, 0.05) is 25.1 Å². The summed E-state index contributed by atoms with van der Waals surface area (Å²) in [6, 6.07) is 0. The largest absolute Gasteiger partial charge is 0.388 e. The summed E-state index contributed by atoms with van der Waals surface area (Å²) in [4.78, 5) is 10.9. The number of hydrogen-bond acceptors (Lipinski definition) is 4. The molecule has 0 saturated carbocycles. The van der Waals surface area contributed by atoms with Crippen molar-refractivity contribution in [2.75, 3.05) is 18.0 Å². The van der Waals surface area contributed by atoms with Crippen molar-refractivity contribution < 1.29 is 5.11 Å². The molecule has 100 valence electrons. The molecule has 0 aliphatic carbocycles. The summed E-state index contributed by atoms with van der Waals surface area (Å²) in [5.74, 6) is 1.62. The molecule has 18 heavy (non-hydrogen) atoms. The van der Waals surface area contributed by atoms with Crippen molar-refractivity contribution in [3.63, 3.8) is 0 Å². The van der Waals surface area contributed by atoms with Crippen LogP contribution < -0.4 is 4.90 Å². The normalized spacial score (nSPS) is 24.4. The highest BCUT2D eigenvalue weighted by atomic mass is 35.5. The first-order chi connectivity index (χ1) is 8.43. The Hall–Kier alpha value is -0.870. The molecule has 5 heteroatoms. The van der Waals surface area contributed by atoms with Crippen LogP contribution in [0.25, 0.3) is 0 Å². The second kappa shape index (κ2) is 5.02. The highest BCUT2D eigenvalue weighted by Crippen LogP contribution is 2.29. The van der Waals surface area contributed by atoms with E-state index in [1.54, 1.807) is 0 Å². The molecule has 1 atom stereocenters. The lowest BCUT2D eigenvalue weighted by molar-refractivity contribution is 0.0446.